The normalized spacial score (nSPS) is 11.6. The number of aromatic nitrogens is 1. The van der Waals surface area contributed by atoms with Crippen molar-refractivity contribution >= 4 is 17.1 Å². The number of rotatable bonds is 1. The molecule has 0 bridgehead atoms. The van der Waals surface area contributed by atoms with Gasteiger partial charge in [-0.3, -0.25) is 4.79 Å². The minimum Gasteiger partial charge on any atom is -0.480 e. The van der Waals surface area contributed by atoms with Gasteiger partial charge in [0.2, 0.25) is 0 Å². The fourth-order valence-electron chi connectivity index (χ4n) is 0.803. The number of benzene rings is 1. The SMILES string of the molecule is CC(N)C(=O)O.c1ccc2ocnc2c1. The van der Waals surface area contributed by atoms with Crippen molar-refractivity contribution in [3.8, 4) is 0 Å². The third-order valence-corrected chi connectivity index (χ3v) is 1.63. The second-order valence-corrected chi connectivity index (χ2v) is 2.95. The maximum absolute atomic E-state index is 9.57. The van der Waals surface area contributed by atoms with Gasteiger partial charge < -0.3 is 15.3 Å². The van der Waals surface area contributed by atoms with Crippen LogP contribution < -0.4 is 5.73 Å². The van der Waals surface area contributed by atoms with Gasteiger partial charge in [-0.25, -0.2) is 4.98 Å². The maximum atomic E-state index is 9.57. The van der Waals surface area contributed by atoms with Gasteiger partial charge in [0.15, 0.2) is 12.0 Å². The van der Waals surface area contributed by atoms with Crippen LogP contribution in [0.1, 0.15) is 6.92 Å². The van der Waals surface area contributed by atoms with Gasteiger partial charge >= 0.3 is 5.97 Å². The summed E-state index contributed by atoms with van der Waals surface area (Å²) in [6.45, 7) is 1.42. The van der Waals surface area contributed by atoms with Crippen molar-refractivity contribution in [2.75, 3.05) is 0 Å². The third-order valence-electron chi connectivity index (χ3n) is 1.63. The summed E-state index contributed by atoms with van der Waals surface area (Å²) in [7, 11) is 0. The number of aliphatic carboxylic acids is 1. The second kappa shape index (κ2) is 5.11. The molecule has 1 atom stereocenters. The summed E-state index contributed by atoms with van der Waals surface area (Å²) in [5, 5.41) is 7.87. The van der Waals surface area contributed by atoms with E-state index in [1.807, 2.05) is 24.3 Å². The number of nitrogens with two attached hydrogens (primary N) is 1. The van der Waals surface area contributed by atoms with Gasteiger partial charge in [-0.05, 0) is 19.1 Å². The molecule has 0 spiro atoms. The maximum Gasteiger partial charge on any atom is 0.320 e. The van der Waals surface area contributed by atoms with E-state index < -0.39 is 12.0 Å². The second-order valence-electron chi connectivity index (χ2n) is 2.95. The molecule has 80 valence electrons. The first-order chi connectivity index (χ1) is 7.11. The highest BCUT2D eigenvalue weighted by molar-refractivity contribution is 5.72. The summed E-state index contributed by atoms with van der Waals surface area (Å²) in [5.41, 5.74) is 6.59. The average molecular weight is 208 g/mol. The van der Waals surface area contributed by atoms with Gasteiger partial charge in [0, 0.05) is 0 Å². The van der Waals surface area contributed by atoms with E-state index in [-0.39, 0.29) is 0 Å². The number of hydrogen-bond acceptors (Lipinski definition) is 4. The van der Waals surface area contributed by atoms with Crippen LogP contribution in [-0.2, 0) is 4.79 Å². The van der Waals surface area contributed by atoms with Gasteiger partial charge in [0.25, 0.3) is 0 Å². The van der Waals surface area contributed by atoms with E-state index in [4.69, 9.17) is 15.3 Å². The van der Waals surface area contributed by atoms with Gasteiger partial charge in [0.1, 0.15) is 11.6 Å². The standard InChI is InChI=1S/C7H5NO.C3H7NO2/c1-2-4-7-6(3-1)8-5-9-7;1-2(4)3(5)6/h1-5H;2H,4H2,1H3,(H,5,6). The molecule has 1 unspecified atom stereocenters. The zero-order chi connectivity index (χ0) is 11.3. The minimum absolute atomic E-state index is 0.731. The zero-order valence-electron chi connectivity index (χ0n) is 8.25. The number of hydrogen-bond donors (Lipinski definition) is 2. The van der Waals surface area contributed by atoms with E-state index in [0.717, 1.165) is 11.1 Å². The fourth-order valence-corrected chi connectivity index (χ4v) is 0.803. The average Bonchev–Trinajstić information content (AvgIpc) is 2.66. The lowest BCUT2D eigenvalue weighted by Crippen LogP contribution is -2.25. The Hall–Kier alpha value is -1.88. The van der Waals surface area contributed by atoms with Crippen LogP contribution >= 0.6 is 0 Å². The molecule has 0 aliphatic rings. The number of fused-ring (bicyclic) bond motifs is 1. The smallest absolute Gasteiger partial charge is 0.320 e. The molecule has 0 fully saturated rings. The monoisotopic (exact) mass is 208 g/mol. The van der Waals surface area contributed by atoms with E-state index in [2.05, 4.69) is 4.98 Å². The molecule has 1 aromatic heterocycles. The molecule has 5 nitrogen and oxygen atoms in total. The first-order valence-electron chi connectivity index (χ1n) is 4.38. The van der Waals surface area contributed by atoms with Crippen molar-refractivity contribution in [2.45, 2.75) is 13.0 Å². The van der Waals surface area contributed by atoms with E-state index in [1.165, 1.54) is 13.3 Å². The molecule has 15 heavy (non-hydrogen) atoms. The van der Waals surface area contributed by atoms with Crippen LogP contribution in [0.3, 0.4) is 0 Å². The fraction of sp³-hybridized carbons (Fsp3) is 0.200. The highest BCUT2D eigenvalue weighted by atomic mass is 16.4. The number of carboxylic acids is 1. The van der Waals surface area contributed by atoms with E-state index >= 15 is 0 Å². The first kappa shape index (κ1) is 11.2. The number of para-hydroxylation sites is 2. The van der Waals surface area contributed by atoms with Gasteiger partial charge in [-0.15, -0.1) is 0 Å². The molecule has 0 saturated heterocycles. The van der Waals surface area contributed by atoms with Crippen LogP contribution in [0, 0.1) is 0 Å². The predicted octanol–water partition coefficient (Wildman–Crippen LogP) is 1.25. The van der Waals surface area contributed by atoms with Crippen LogP contribution in [0.4, 0.5) is 0 Å². The summed E-state index contributed by atoms with van der Waals surface area (Å²) in [6, 6.07) is 6.93. The molecule has 2 rings (SSSR count). The van der Waals surface area contributed by atoms with Crippen molar-refractivity contribution < 1.29 is 14.3 Å². The lowest BCUT2D eigenvalue weighted by molar-refractivity contribution is -0.138. The highest BCUT2D eigenvalue weighted by Gasteiger charge is 1.99. The Labute approximate surface area is 86.5 Å². The summed E-state index contributed by atoms with van der Waals surface area (Å²) < 4.78 is 5.01. The van der Waals surface area contributed by atoms with Crippen molar-refractivity contribution in [1.29, 1.82) is 0 Å². The quantitative estimate of drug-likeness (QED) is 0.736. The van der Waals surface area contributed by atoms with E-state index in [1.54, 1.807) is 0 Å². The summed E-state index contributed by atoms with van der Waals surface area (Å²) >= 11 is 0. The molecule has 0 aliphatic carbocycles. The van der Waals surface area contributed by atoms with Crippen molar-refractivity contribution in [3.05, 3.63) is 30.7 Å². The summed E-state index contributed by atoms with van der Waals surface area (Å²) in [4.78, 5) is 13.5. The molecular formula is C10H12N2O3. The van der Waals surface area contributed by atoms with Crippen LogP contribution in [0.25, 0.3) is 11.1 Å². The van der Waals surface area contributed by atoms with Crippen molar-refractivity contribution in [1.82, 2.24) is 4.98 Å². The highest BCUT2D eigenvalue weighted by Crippen LogP contribution is 2.09. The Morgan fingerprint density at radius 1 is 1.53 bits per heavy atom. The van der Waals surface area contributed by atoms with Crippen LogP contribution in [0.5, 0.6) is 0 Å². The molecule has 0 amide bonds. The Kier molecular flexibility index (Phi) is 3.82. The Morgan fingerprint density at radius 2 is 2.13 bits per heavy atom. The number of carbonyl (C=O) groups is 1. The van der Waals surface area contributed by atoms with E-state index in [9.17, 15) is 4.79 Å². The van der Waals surface area contributed by atoms with Crippen molar-refractivity contribution in [3.63, 3.8) is 0 Å². The van der Waals surface area contributed by atoms with Crippen LogP contribution in [0.2, 0.25) is 0 Å². The molecule has 5 heteroatoms. The predicted molar refractivity (Wildman–Crippen MR) is 55.3 cm³/mol. The molecule has 2 aromatic rings. The molecule has 1 heterocycles. The van der Waals surface area contributed by atoms with Gasteiger partial charge in [-0.1, -0.05) is 12.1 Å². The summed E-state index contributed by atoms with van der Waals surface area (Å²) in [6.07, 6.45) is 1.45. The number of nitrogens with zero attached hydrogens (tertiary/aromatic N) is 1. The minimum atomic E-state index is -0.963. The summed E-state index contributed by atoms with van der Waals surface area (Å²) in [5.74, 6) is -0.963. The molecular weight excluding hydrogens is 196 g/mol. The third kappa shape index (κ3) is 3.40. The Bertz CT molecular complexity index is 407. The number of oxazole rings is 1. The molecule has 1 aromatic carbocycles. The largest absolute Gasteiger partial charge is 0.480 e. The van der Waals surface area contributed by atoms with Crippen LogP contribution in [-0.4, -0.2) is 22.1 Å². The molecule has 0 radical (unpaired) electrons. The first-order valence-corrected chi connectivity index (χ1v) is 4.38. The molecule has 0 saturated carbocycles. The Balaban J connectivity index is 0.000000167. The topological polar surface area (TPSA) is 89.4 Å². The molecule has 3 N–H and O–H groups in total. The zero-order valence-corrected chi connectivity index (χ0v) is 8.25. The Morgan fingerprint density at radius 3 is 2.67 bits per heavy atom. The molecule has 0 aliphatic heterocycles. The lowest BCUT2D eigenvalue weighted by Gasteiger charge is -1.90. The lowest BCUT2D eigenvalue weighted by atomic mass is 10.3. The van der Waals surface area contributed by atoms with Gasteiger partial charge in [-0.2, -0.15) is 0 Å². The number of carboxylic acid groups (broad SMARTS) is 1. The van der Waals surface area contributed by atoms with Crippen LogP contribution in [0.15, 0.2) is 35.1 Å². The van der Waals surface area contributed by atoms with Crippen molar-refractivity contribution in [2.24, 2.45) is 5.73 Å². The van der Waals surface area contributed by atoms with E-state index in [0.29, 0.717) is 0 Å². The van der Waals surface area contributed by atoms with Gasteiger partial charge in [0.05, 0.1) is 0 Å².